The fourth-order valence-electron chi connectivity index (χ4n) is 3.73. The highest BCUT2D eigenvalue weighted by Crippen LogP contribution is 2.30. The zero-order chi connectivity index (χ0) is 25.4. The molecule has 0 radical (unpaired) electrons. The third-order valence-corrected chi connectivity index (χ3v) is 6.90. The summed E-state index contributed by atoms with van der Waals surface area (Å²) in [6, 6.07) is 17.2. The first-order valence-electron chi connectivity index (χ1n) is 10.7. The molecule has 0 aliphatic carbocycles. The van der Waals surface area contributed by atoms with Crippen molar-refractivity contribution in [3.8, 4) is 0 Å². The largest absolute Gasteiger partial charge is 0.416 e. The van der Waals surface area contributed by atoms with Crippen molar-refractivity contribution in [2.75, 3.05) is 10.0 Å². The maximum atomic E-state index is 12.9. The summed E-state index contributed by atoms with van der Waals surface area (Å²) >= 11 is 0. The Hall–Kier alpha value is -3.79. The van der Waals surface area contributed by atoms with Gasteiger partial charge in [-0.25, -0.2) is 8.42 Å². The Labute approximate surface area is 200 Å². The fourth-order valence-corrected chi connectivity index (χ4v) is 4.78. The summed E-state index contributed by atoms with van der Waals surface area (Å²) in [5, 5.41) is 3.25. The number of benzene rings is 3. The zero-order valence-electron chi connectivity index (χ0n) is 18.8. The molecule has 1 heterocycles. The van der Waals surface area contributed by atoms with E-state index in [1.54, 1.807) is 41.0 Å². The molecule has 0 aliphatic rings. The maximum absolute atomic E-state index is 12.9. The first-order valence-corrected chi connectivity index (χ1v) is 12.2. The highest BCUT2D eigenvalue weighted by molar-refractivity contribution is 7.92. The van der Waals surface area contributed by atoms with Gasteiger partial charge in [-0.2, -0.15) is 13.2 Å². The molecule has 0 aliphatic heterocycles. The number of halogens is 3. The van der Waals surface area contributed by atoms with E-state index < -0.39 is 27.7 Å². The Balaban J connectivity index is 1.60. The Bertz CT molecular complexity index is 1490. The summed E-state index contributed by atoms with van der Waals surface area (Å²) in [4.78, 5) is 13.0. The normalized spacial score (nSPS) is 12.0. The molecule has 182 valence electrons. The van der Waals surface area contributed by atoms with Crippen molar-refractivity contribution in [1.29, 1.82) is 0 Å². The number of anilines is 2. The molecule has 6 nitrogen and oxygen atoms in total. The van der Waals surface area contributed by atoms with E-state index in [4.69, 9.17) is 0 Å². The Kier molecular flexibility index (Phi) is 6.33. The molecule has 0 spiro atoms. The number of nitrogens with one attached hydrogen (secondary N) is 2. The lowest BCUT2D eigenvalue weighted by Crippen LogP contribution is -2.16. The van der Waals surface area contributed by atoms with Gasteiger partial charge in [0.05, 0.1) is 10.5 Å². The van der Waals surface area contributed by atoms with Gasteiger partial charge >= 0.3 is 6.18 Å². The lowest BCUT2D eigenvalue weighted by atomic mass is 10.2. The first kappa shape index (κ1) is 24.3. The van der Waals surface area contributed by atoms with Gasteiger partial charge in [-0.3, -0.25) is 9.52 Å². The van der Waals surface area contributed by atoms with Crippen molar-refractivity contribution < 1.29 is 26.4 Å². The van der Waals surface area contributed by atoms with Crippen molar-refractivity contribution in [3.63, 3.8) is 0 Å². The number of alkyl halides is 3. The number of rotatable bonds is 6. The second kappa shape index (κ2) is 9.10. The summed E-state index contributed by atoms with van der Waals surface area (Å²) in [6.07, 6.45) is -4.46. The van der Waals surface area contributed by atoms with Crippen LogP contribution in [-0.4, -0.2) is 18.9 Å². The molecule has 0 unspecified atom stereocenters. The average Bonchev–Trinajstić information content (AvgIpc) is 3.17. The van der Waals surface area contributed by atoms with Gasteiger partial charge in [-0.15, -0.1) is 0 Å². The van der Waals surface area contributed by atoms with Crippen molar-refractivity contribution in [2.45, 2.75) is 31.5 Å². The summed E-state index contributed by atoms with van der Waals surface area (Å²) in [5.74, 6) is -0.496. The molecule has 10 heteroatoms. The smallest absolute Gasteiger partial charge is 0.337 e. The monoisotopic (exact) mass is 501 g/mol. The Morgan fingerprint density at radius 3 is 2.14 bits per heavy atom. The number of hydrogen-bond acceptors (Lipinski definition) is 3. The van der Waals surface area contributed by atoms with E-state index in [1.165, 1.54) is 24.3 Å². The second-order valence-corrected chi connectivity index (χ2v) is 9.68. The molecule has 2 N–H and O–H groups in total. The molecule has 4 aromatic rings. The number of aromatic nitrogens is 1. The van der Waals surface area contributed by atoms with E-state index >= 15 is 0 Å². The van der Waals surface area contributed by atoms with Crippen molar-refractivity contribution in [2.24, 2.45) is 0 Å². The lowest BCUT2D eigenvalue weighted by Gasteiger charge is -2.11. The van der Waals surface area contributed by atoms with Crippen LogP contribution < -0.4 is 10.0 Å². The number of aryl methyl sites for hydroxylation is 2. The number of sulfonamides is 1. The highest BCUT2D eigenvalue weighted by atomic mass is 32.2. The SMILES string of the molecule is CCn1c(C(=O)Nc2ccc(C(F)(F)F)cc2)cc2cc(NS(=O)(=O)c3ccc(C)cc3)ccc21. The summed E-state index contributed by atoms with van der Waals surface area (Å²) in [6.45, 7) is 4.16. The first-order chi connectivity index (χ1) is 16.5. The van der Waals surface area contributed by atoms with Crippen molar-refractivity contribution in [3.05, 3.63) is 89.6 Å². The summed E-state index contributed by atoms with van der Waals surface area (Å²) in [5.41, 5.74) is 1.69. The molecular formula is C25H22F3N3O3S. The topological polar surface area (TPSA) is 80.2 Å². The molecule has 3 aromatic carbocycles. The molecule has 4 rings (SSSR count). The molecule has 0 saturated heterocycles. The standard InChI is InChI=1S/C25H22F3N3O3S/c1-3-31-22-13-10-20(30-35(33,34)21-11-4-16(2)5-12-21)14-17(22)15-23(31)24(32)29-19-8-6-18(7-9-19)25(26,27)28/h4-15,30H,3H2,1-2H3,(H,29,32). The minimum absolute atomic E-state index is 0.130. The van der Waals surface area contributed by atoms with Crippen LogP contribution in [0.4, 0.5) is 24.5 Å². The predicted octanol–water partition coefficient (Wildman–Crippen LogP) is 6.04. The van der Waals surface area contributed by atoms with Crippen LogP contribution in [0.1, 0.15) is 28.5 Å². The van der Waals surface area contributed by atoms with Gasteiger partial charge in [0.25, 0.3) is 15.9 Å². The molecule has 0 atom stereocenters. The molecular weight excluding hydrogens is 479 g/mol. The van der Waals surface area contributed by atoms with Crippen LogP contribution in [0, 0.1) is 6.92 Å². The van der Waals surface area contributed by atoms with Gasteiger partial charge in [0.15, 0.2) is 0 Å². The van der Waals surface area contributed by atoms with Crippen molar-refractivity contribution in [1.82, 2.24) is 4.57 Å². The van der Waals surface area contributed by atoms with Gasteiger partial charge in [-0.1, -0.05) is 17.7 Å². The quantitative estimate of drug-likeness (QED) is 0.338. The Morgan fingerprint density at radius 2 is 1.54 bits per heavy atom. The van der Waals surface area contributed by atoms with Crippen LogP contribution in [0.15, 0.2) is 77.7 Å². The van der Waals surface area contributed by atoms with Crippen LogP contribution in [0.25, 0.3) is 10.9 Å². The van der Waals surface area contributed by atoms with Crippen LogP contribution in [0.5, 0.6) is 0 Å². The van der Waals surface area contributed by atoms with Gasteiger partial charge in [0.1, 0.15) is 5.69 Å². The molecule has 0 bridgehead atoms. The van der Waals surface area contributed by atoms with Gasteiger partial charge < -0.3 is 9.88 Å². The van der Waals surface area contributed by atoms with Gasteiger partial charge in [0, 0.05) is 28.8 Å². The molecule has 1 amide bonds. The summed E-state index contributed by atoms with van der Waals surface area (Å²) < 4.78 is 68.1. The van der Waals surface area contributed by atoms with Crippen LogP contribution in [-0.2, 0) is 22.7 Å². The number of carbonyl (C=O) groups is 1. The second-order valence-electron chi connectivity index (χ2n) is 8.00. The van der Waals surface area contributed by atoms with E-state index in [0.29, 0.717) is 28.8 Å². The third kappa shape index (κ3) is 5.17. The number of fused-ring (bicyclic) bond motifs is 1. The minimum Gasteiger partial charge on any atom is -0.337 e. The van der Waals surface area contributed by atoms with Crippen LogP contribution >= 0.6 is 0 Å². The molecule has 0 fully saturated rings. The van der Waals surface area contributed by atoms with E-state index in [9.17, 15) is 26.4 Å². The number of hydrogen-bond donors (Lipinski definition) is 2. The zero-order valence-corrected chi connectivity index (χ0v) is 19.7. The predicted molar refractivity (Wildman–Crippen MR) is 129 cm³/mol. The highest BCUT2D eigenvalue weighted by Gasteiger charge is 2.30. The van der Waals surface area contributed by atoms with E-state index in [-0.39, 0.29) is 10.6 Å². The van der Waals surface area contributed by atoms with Gasteiger partial charge in [0.2, 0.25) is 0 Å². The van der Waals surface area contributed by atoms with Crippen LogP contribution in [0.3, 0.4) is 0 Å². The van der Waals surface area contributed by atoms with Crippen molar-refractivity contribution >= 4 is 38.2 Å². The van der Waals surface area contributed by atoms with E-state index in [0.717, 1.165) is 17.7 Å². The third-order valence-electron chi connectivity index (χ3n) is 5.50. The number of carbonyl (C=O) groups excluding carboxylic acids is 1. The van der Waals surface area contributed by atoms with E-state index in [2.05, 4.69) is 10.0 Å². The lowest BCUT2D eigenvalue weighted by molar-refractivity contribution is -0.137. The van der Waals surface area contributed by atoms with Crippen LogP contribution in [0.2, 0.25) is 0 Å². The Morgan fingerprint density at radius 1 is 0.914 bits per heavy atom. The number of amides is 1. The molecule has 35 heavy (non-hydrogen) atoms. The summed E-state index contributed by atoms with van der Waals surface area (Å²) in [7, 11) is -3.79. The fraction of sp³-hybridized carbons (Fsp3) is 0.160. The van der Waals surface area contributed by atoms with E-state index in [1.807, 2.05) is 13.8 Å². The maximum Gasteiger partial charge on any atom is 0.416 e. The van der Waals surface area contributed by atoms with Gasteiger partial charge in [-0.05, 0) is 74.5 Å². The average molecular weight is 502 g/mol. The molecule has 0 saturated carbocycles. The molecule has 1 aromatic heterocycles. The number of nitrogens with zero attached hydrogens (tertiary/aromatic N) is 1. The minimum atomic E-state index is -4.46.